The van der Waals surface area contributed by atoms with Gasteiger partial charge in [-0.1, -0.05) is 0 Å². The molecule has 1 aromatic heterocycles. The number of halogens is 1. The smallest absolute Gasteiger partial charge is 0.371 e. The second-order valence-electron chi connectivity index (χ2n) is 3.40. The molecule has 2 aromatic rings. The lowest BCUT2D eigenvalue weighted by molar-refractivity contribution is 0.0663. The Hall–Kier alpha value is -2.81. The number of rotatable bonds is 3. The van der Waals surface area contributed by atoms with Gasteiger partial charge in [-0.3, -0.25) is 0 Å². The summed E-state index contributed by atoms with van der Waals surface area (Å²) in [5.41, 5.74) is 0.323. The average molecular weight is 246 g/mol. The van der Waals surface area contributed by atoms with Gasteiger partial charge in [-0.15, -0.1) is 0 Å². The third-order valence-corrected chi connectivity index (χ3v) is 2.17. The molecule has 0 amide bonds. The first-order chi connectivity index (χ1) is 8.60. The Balaban J connectivity index is 2.23. The highest BCUT2D eigenvalue weighted by molar-refractivity contribution is 5.85. The molecule has 0 fully saturated rings. The van der Waals surface area contributed by atoms with Crippen molar-refractivity contribution in [3.8, 4) is 6.07 Å². The van der Waals surface area contributed by atoms with Crippen molar-refractivity contribution in [2.45, 2.75) is 0 Å². The van der Waals surface area contributed by atoms with E-state index in [0.29, 0.717) is 5.69 Å². The maximum absolute atomic E-state index is 13.1. The molecule has 0 bridgehead atoms. The number of carbonyl (C=O) groups is 1. The van der Waals surface area contributed by atoms with Crippen LogP contribution in [0.25, 0.3) is 0 Å². The first kappa shape index (κ1) is 11.7. The summed E-state index contributed by atoms with van der Waals surface area (Å²) in [4.78, 5) is 10.6. The fourth-order valence-corrected chi connectivity index (χ4v) is 1.35. The molecule has 0 saturated carbocycles. The van der Waals surface area contributed by atoms with E-state index in [0.717, 1.165) is 6.07 Å². The Bertz CT molecular complexity index is 643. The second kappa shape index (κ2) is 4.59. The summed E-state index contributed by atoms with van der Waals surface area (Å²) < 4.78 is 18.0. The molecule has 0 aliphatic rings. The van der Waals surface area contributed by atoms with Crippen LogP contribution in [0.5, 0.6) is 0 Å². The highest BCUT2D eigenvalue weighted by Gasteiger charge is 2.09. The van der Waals surface area contributed by atoms with Crippen LogP contribution in [-0.4, -0.2) is 11.1 Å². The van der Waals surface area contributed by atoms with Gasteiger partial charge in [0.2, 0.25) is 5.76 Å². The zero-order valence-electron chi connectivity index (χ0n) is 8.98. The van der Waals surface area contributed by atoms with Crippen molar-refractivity contribution in [2.75, 3.05) is 5.32 Å². The van der Waals surface area contributed by atoms with Crippen molar-refractivity contribution in [2.24, 2.45) is 0 Å². The number of hydrogen-bond acceptors (Lipinski definition) is 4. The molecule has 0 radical (unpaired) electrons. The van der Waals surface area contributed by atoms with Crippen LogP contribution < -0.4 is 5.32 Å². The molecule has 0 aliphatic carbocycles. The van der Waals surface area contributed by atoms with E-state index >= 15 is 0 Å². The van der Waals surface area contributed by atoms with Crippen molar-refractivity contribution >= 4 is 17.5 Å². The number of benzene rings is 1. The third kappa shape index (κ3) is 2.30. The van der Waals surface area contributed by atoms with E-state index in [1.54, 1.807) is 6.07 Å². The van der Waals surface area contributed by atoms with Crippen LogP contribution in [0.1, 0.15) is 16.1 Å². The molecular weight excluding hydrogens is 239 g/mol. The summed E-state index contributed by atoms with van der Waals surface area (Å²) in [6, 6.07) is 8.29. The molecule has 0 spiro atoms. The Morgan fingerprint density at radius 2 is 2.17 bits per heavy atom. The molecule has 0 saturated heterocycles. The van der Waals surface area contributed by atoms with Crippen molar-refractivity contribution in [1.82, 2.24) is 0 Å². The Labute approximate surface area is 101 Å². The molecule has 0 atom stereocenters. The summed E-state index contributed by atoms with van der Waals surface area (Å²) in [5, 5.41) is 20.1. The molecule has 18 heavy (non-hydrogen) atoms. The molecule has 1 aromatic carbocycles. The van der Waals surface area contributed by atoms with Gasteiger partial charge in [0.25, 0.3) is 0 Å². The van der Waals surface area contributed by atoms with Gasteiger partial charge >= 0.3 is 5.97 Å². The fraction of sp³-hybridized carbons (Fsp3) is 0. The summed E-state index contributed by atoms with van der Waals surface area (Å²) in [5.74, 6) is -1.81. The maximum atomic E-state index is 13.1. The van der Waals surface area contributed by atoms with Gasteiger partial charge in [0.05, 0.1) is 5.56 Å². The van der Waals surface area contributed by atoms with Crippen LogP contribution in [0.15, 0.2) is 34.7 Å². The van der Waals surface area contributed by atoms with E-state index in [9.17, 15) is 9.18 Å². The Morgan fingerprint density at radius 3 is 2.78 bits per heavy atom. The number of carboxylic acids is 1. The van der Waals surface area contributed by atoms with Gasteiger partial charge in [0.1, 0.15) is 11.9 Å². The number of carboxylic acid groups (broad SMARTS) is 1. The normalized spacial score (nSPS) is 9.78. The highest BCUT2D eigenvalue weighted by Crippen LogP contribution is 2.21. The molecule has 6 heteroatoms. The number of aromatic carboxylic acids is 1. The number of hydrogen-bond donors (Lipinski definition) is 2. The Morgan fingerprint density at radius 1 is 1.39 bits per heavy atom. The lowest BCUT2D eigenvalue weighted by Gasteiger charge is -2.03. The molecular formula is C12H7FN2O3. The van der Waals surface area contributed by atoms with E-state index in [1.165, 1.54) is 24.3 Å². The van der Waals surface area contributed by atoms with Crippen LogP contribution in [0.4, 0.5) is 16.0 Å². The number of anilines is 2. The van der Waals surface area contributed by atoms with Gasteiger partial charge in [-0.2, -0.15) is 5.26 Å². The molecule has 2 N–H and O–H groups in total. The topological polar surface area (TPSA) is 86.3 Å². The van der Waals surface area contributed by atoms with Crippen LogP contribution >= 0.6 is 0 Å². The summed E-state index contributed by atoms with van der Waals surface area (Å²) in [7, 11) is 0. The molecule has 1 heterocycles. The lowest BCUT2D eigenvalue weighted by Crippen LogP contribution is -1.93. The van der Waals surface area contributed by atoms with E-state index < -0.39 is 11.8 Å². The summed E-state index contributed by atoms with van der Waals surface area (Å²) >= 11 is 0. The van der Waals surface area contributed by atoms with E-state index in [4.69, 9.17) is 14.8 Å². The number of nitrogens with zero attached hydrogens (tertiary/aromatic N) is 1. The predicted octanol–water partition coefficient (Wildman–Crippen LogP) is 2.73. The molecule has 5 nitrogen and oxygen atoms in total. The minimum Gasteiger partial charge on any atom is -0.475 e. The molecule has 90 valence electrons. The standard InChI is InChI=1S/C12H7FN2O3/c13-9-2-1-8(5-7(9)6-14)15-11-4-3-10(18-11)12(16)17/h1-5,15H,(H,16,17). The Kier molecular flexibility index (Phi) is 2.98. The van der Waals surface area contributed by atoms with Crippen molar-refractivity contribution in [1.29, 1.82) is 5.26 Å². The molecule has 0 aliphatic heterocycles. The van der Waals surface area contributed by atoms with Crippen LogP contribution in [0, 0.1) is 17.1 Å². The van der Waals surface area contributed by atoms with E-state index in [-0.39, 0.29) is 17.2 Å². The highest BCUT2D eigenvalue weighted by atomic mass is 19.1. The largest absolute Gasteiger partial charge is 0.475 e. The first-order valence-corrected chi connectivity index (χ1v) is 4.90. The fourth-order valence-electron chi connectivity index (χ4n) is 1.35. The average Bonchev–Trinajstić information content (AvgIpc) is 2.80. The zero-order chi connectivity index (χ0) is 13.1. The molecule has 2 rings (SSSR count). The van der Waals surface area contributed by atoms with Crippen molar-refractivity contribution in [3.05, 3.63) is 47.5 Å². The van der Waals surface area contributed by atoms with Gasteiger partial charge in [-0.25, -0.2) is 9.18 Å². The van der Waals surface area contributed by atoms with Gasteiger partial charge in [0.15, 0.2) is 5.88 Å². The monoisotopic (exact) mass is 246 g/mol. The van der Waals surface area contributed by atoms with Crippen LogP contribution in [0.3, 0.4) is 0 Å². The van der Waals surface area contributed by atoms with Gasteiger partial charge in [0, 0.05) is 11.8 Å². The number of nitriles is 1. The zero-order valence-corrected chi connectivity index (χ0v) is 8.98. The first-order valence-electron chi connectivity index (χ1n) is 4.90. The minimum absolute atomic E-state index is 0.106. The molecule has 0 unspecified atom stereocenters. The van der Waals surface area contributed by atoms with Gasteiger partial charge in [-0.05, 0) is 24.3 Å². The lowest BCUT2D eigenvalue weighted by atomic mass is 10.2. The van der Waals surface area contributed by atoms with Crippen molar-refractivity contribution < 1.29 is 18.7 Å². The van der Waals surface area contributed by atoms with Gasteiger partial charge < -0.3 is 14.8 Å². The SMILES string of the molecule is N#Cc1cc(Nc2ccc(C(=O)O)o2)ccc1F. The van der Waals surface area contributed by atoms with Crippen LogP contribution in [0.2, 0.25) is 0 Å². The van der Waals surface area contributed by atoms with E-state index in [1.807, 2.05) is 0 Å². The van der Waals surface area contributed by atoms with Crippen LogP contribution in [-0.2, 0) is 0 Å². The second-order valence-corrected chi connectivity index (χ2v) is 3.40. The minimum atomic E-state index is -1.18. The summed E-state index contributed by atoms with van der Waals surface area (Å²) in [6.07, 6.45) is 0. The number of furan rings is 1. The summed E-state index contributed by atoms with van der Waals surface area (Å²) in [6.45, 7) is 0. The number of nitrogens with one attached hydrogen (secondary N) is 1. The van der Waals surface area contributed by atoms with E-state index in [2.05, 4.69) is 5.32 Å². The van der Waals surface area contributed by atoms with Crippen molar-refractivity contribution in [3.63, 3.8) is 0 Å². The predicted molar refractivity (Wildman–Crippen MR) is 60.1 cm³/mol. The quantitative estimate of drug-likeness (QED) is 0.869. The third-order valence-electron chi connectivity index (χ3n) is 2.17. The maximum Gasteiger partial charge on any atom is 0.371 e.